The van der Waals surface area contributed by atoms with Crippen LogP contribution in [0.25, 0.3) is 5.69 Å². The molecule has 1 saturated carbocycles. The van der Waals surface area contributed by atoms with Gasteiger partial charge in [0, 0.05) is 11.6 Å². The number of rotatable bonds is 8. The van der Waals surface area contributed by atoms with Crippen molar-refractivity contribution < 1.29 is 4.79 Å². The van der Waals surface area contributed by atoms with E-state index in [0.717, 1.165) is 61.9 Å². The molecule has 5 nitrogen and oxygen atoms in total. The molecule has 34 heavy (non-hydrogen) atoms. The van der Waals surface area contributed by atoms with Crippen LogP contribution in [0.5, 0.6) is 0 Å². The molecule has 1 amide bonds. The zero-order valence-electron chi connectivity index (χ0n) is 20.2. The van der Waals surface area contributed by atoms with Gasteiger partial charge >= 0.3 is 0 Å². The van der Waals surface area contributed by atoms with Crippen molar-refractivity contribution in [2.24, 2.45) is 0 Å². The lowest BCUT2D eigenvalue weighted by atomic mass is 9.73. The number of para-hydroxylation sites is 1. The number of hydrogen-bond acceptors (Lipinski definition) is 3. The highest BCUT2D eigenvalue weighted by molar-refractivity contribution is 5.95. The van der Waals surface area contributed by atoms with Gasteiger partial charge in [-0.25, -0.2) is 4.68 Å². The summed E-state index contributed by atoms with van der Waals surface area (Å²) in [5.41, 5.74) is 4.39. The lowest BCUT2D eigenvalue weighted by Crippen LogP contribution is -2.59. The van der Waals surface area contributed by atoms with Gasteiger partial charge < -0.3 is 5.32 Å². The van der Waals surface area contributed by atoms with Crippen molar-refractivity contribution in [1.82, 2.24) is 20.0 Å². The Hall–Kier alpha value is -2.92. The summed E-state index contributed by atoms with van der Waals surface area (Å²) in [4.78, 5) is 16.0. The molecule has 3 aromatic rings. The molecule has 5 rings (SSSR count). The Morgan fingerprint density at radius 1 is 1.03 bits per heavy atom. The van der Waals surface area contributed by atoms with Crippen LogP contribution in [0, 0.1) is 0 Å². The van der Waals surface area contributed by atoms with Crippen molar-refractivity contribution in [3.8, 4) is 5.69 Å². The molecular weight excluding hydrogens is 420 g/mol. The van der Waals surface area contributed by atoms with Crippen molar-refractivity contribution >= 4 is 5.91 Å². The normalized spacial score (nSPS) is 22.8. The highest BCUT2D eigenvalue weighted by atomic mass is 16.1. The second kappa shape index (κ2) is 10.1. The highest BCUT2D eigenvalue weighted by Crippen LogP contribution is 2.39. The molecule has 2 heterocycles. The number of amides is 1. The van der Waals surface area contributed by atoms with Gasteiger partial charge in [0.1, 0.15) is 0 Å². The zero-order chi connectivity index (χ0) is 23.4. The summed E-state index contributed by atoms with van der Waals surface area (Å²) < 4.78 is 1.92. The Kier molecular flexibility index (Phi) is 6.82. The van der Waals surface area contributed by atoms with Crippen molar-refractivity contribution in [1.29, 1.82) is 0 Å². The van der Waals surface area contributed by atoms with Crippen LogP contribution < -0.4 is 5.32 Å². The van der Waals surface area contributed by atoms with E-state index in [1.165, 1.54) is 25.1 Å². The first kappa shape index (κ1) is 22.9. The SMILES string of the molecule is CCCc1c(C(=O)NC2CCC(Cc3ccccc3)(N3CCC3)CC2)cnn1-c1ccccc1. The van der Waals surface area contributed by atoms with Crippen LogP contribution in [0.1, 0.15) is 67.1 Å². The minimum atomic E-state index is 0.0233. The van der Waals surface area contributed by atoms with Crippen molar-refractivity contribution in [3.63, 3.8) is 0 Å². The van der Waals surface area contributed by atoms with Crippen molar-refractivity contribution in [2.75, 3.05) is 13.1 Å². The molecule has 0 atom stereocenters. The predicted octanol–water partition coefficient (Wildman–Crippen LogP) is 5.18. The van der Waals surface area contributed by atoms with Crippen LogP contribution in [0.4, 0.5) is 0 Å². The molecule has 1 saturated heterocycles. The first-order valence-corrected chi connectivity index (χ1v) is 12.9. The minimum absolute atomic E-state index is 0.0233. The van der Waals surface area contributed by atoms with Gasteiger partial charge in [-0.05, 0) is 75.7 Å². The molecule has 0 bridgehead atoms. The summed E-state index contributed by atoms with van der Waals surface area (Å²) in [6.45, 7) is 4.57. The molecule has 0 spiro atoms. The summed E-state index contributed by atoms with van der Waals surface area (Å²) in [5.74, 6) is 0.0233. The average Bonchev–Trinajstić information content (AvgIpc) is 3.25. The maximum absolute atomic E-state index is 13.3. The zero-order valence-corrected chi connectivity index (χ0v) is 20.2. The largest absolute Gasteiger partial charge is 0.349 e. The third kappa shape index (κ3) is 4.67. The molecule has 1 aliphatic carbocycles. The van der Waals surface area contributed by atoms with Crippen LogP contribution in [-0.4, -0.2) is 45.3 Å². The number of benzene rings is 2. The Balaban J connectivity index is 1.27. The van der Waals surface area contributed by atoms with Crippen LogP contribution in [-0.2, 0) is 12.8 Å². The number of likely N-dealkylation sites (tertiary alicyclic amines) is 1. The number of carbonyl (C=O) groups excluding carboxylic acids is 1. The van der Waals surface area contributed by atoms with Gasteiger partial charge in [0.25, 0.3) is 5.91 Å². The van der Waals surface area contributed by atoms with Gasteiger partial charge in [0.2, 0.25) is 0 Å². The summed E-state index contributed by atoms with van der Waals surface area (Å²) in [6.07, 6.45) is 10.3. The van der Waals surface area contributed by atoms with Crippen LogP contribution >= 0.6 is 0 Å². The molecule has 1 aliphatic heterocycles. The van der Waals surface area contributed by atoms with Crippen molar-refractivity contribution in [3.05, 3.63) is 83.7 Å². The standard InChI is InChI=1S/C29H36N4O/c1-2-10-27-26(22-30-33(27)25-13-7-4-8-14-25)28(34)31-24-15-17-29(18-16-24,32-19-9-20-32)21-23-11-5-3-6-12-23/h3-8,11-14,22,24H,2,9-10,15-21H2,1H3,(H,31,34). The van der Waals surface area contributed by atoms with E-state index in [2.05, 4.69) is 52.6 Å². The number of nitrogens with zero attached hydrogens (tertiary/aromatic N) is 3. The van der Waals surface area contributed by atoms with Gasteiger partial charge in [-0.1, -0.05) is 61.9 Å². The van der Waals surface area contributed by atoms with Crippen LogP contribution in [0.15, 0.2) is 66.9 Å². The lowest BCUT2D eigenvalue weighted by molar-refractivity contribution is -0.00441. The third-order valence-corrected chi connectivity index (χ3v) is 7.76. The van der Waals surface area contributed by atoms with E-state index in [1.54, 1.807) is 6.20 Å². The molecule has 2 fully saturated rings. The molecule has 5 heteroatoms. The first-order valence-electron chi connectivity index (χ1n) is 12.9. The summed E-state index contributed by atoms with van der Waals surface area (Å²) in [5, 5.41) is 7.94. The fourth-order valence-electron chi connectivity index (χ4n) is 5.77. The van der Waals surface area contributed by atoms with E-state index in [0.29, 0.717) is 0 Å². The summed E-state index contributed by atoms with van der Waals surface area (Å²) in [7, 11) is 0. The molecule has 1 N–H and O–H groups in total. The monoisotopic (exact) mass is 456 g/mol. The second-order valence-electron chi connectivity index (χ2n) is 9.98. The fraction of sp³-hybridized carbons (Fsp3) is 0.448. The number of aromatic nitrogens is 2. The Morgan fingerprint density at radius 3 is 2.32 bits per heavy atom. The molecule has 1 aromatic heterocycles. The highest BCUT2D eigenvalue weighted by Gasteiger charge is 2.42. The molecule has 0 radical (unpaired) electrons. The number of hydrogen-bond donors (Lipinski definition) is 1. The number of nitrogens with one attached hydrogen (secondary N) is 1. The van der Waals surface area contributed by atoms with Crippen LogP contribution in [0.3, 0.4) is 0 Å². The topological polar surface area (TPSA) is 50.2 Å². The minimum Gasteiger partial charge on any atom is -0.349 e. The van der Waals surface area contributed by atoms with Gasteiger partial charge in [-0.2, -0.15) is 5.10 Å². The summed E-state index contributed by atoms with van der Waals surface area (Å²) >= 11 is 0. The molecule has 0 unspecified atom stereocenters. The van der Waals surface area contributed by atoms with E-state index >= 15 is 0 Å². The van der Waals surface area contributed by atoms with Gasteiger partial charge in [0.05, 0.1) is 23.1 Å². The van der Waals surface area contributed by atoms with Gasteiger partial charge in [0.15, 0.2) is 0 Å². The molecule has 178 valence electrons. The molecule has 2 aromatic carbocycles. The average molecular weight is 457 g/mol. The van der Waals surface area contributed by atoms with Gasteiger partial charge in [-0.3, -0.25) is 9.69 Å². The summed E-state index contributed by atoms with van der Waals surface area (Å²) in [6, 6.07) is 21.2. The first-order chi connectivity index (χ1) is 16.7. The van der Waals surface area contributed by atoms with E-state index in [9.17, 15) is 4.79 Å². The van der Waals surface area contributed by atoms with E-state index in [4.69, 9.17) is 0 Å². The number of carbonyl (C=O) groups is 1. The Labute approximate surface area is 203 Å². The molecule has 2 aliphatic rings. The lowest BCUT2D eigenvalue weighted by Gasteiger charge is -2.52. The quantitative estimate of drug-likeness (QED) is 0.508. The van der Waals surface area contributed by atoms with E-state index < -0.39 is 0 Å². The third-order valence-electron chi connectivity index (χ3n) is 7.76. The van der Waals surface area contributed by atoms with E-state index in [1.807, 2.05) is 35.0 Å². The Morgan fingerprint density at radius 2 is 1.71 bits per heavy atom. The van der Waals surface area contributed by atoms with E-state index in [-0.39, 0.29) is 17.5 Å². The van der Waals surface area contributed by atoms with Gasteiger partial charge in [-0.15, -0.1) is 0 Å². The second-order valence-corrected chi connectivity index (χ2v) is 9.98. The fourth-order valence-corrected chi connectivity index (χ4v) is 5.77. The Bertz CT molecular complexity index is 1080. The van der Waals surface area contributed by atoms with Crippen LogP contribution in [0.2, 0.25) is 0 Å². The van der Waals surface area contributed by atoms with Crippen molar-refractivity contribution in [2.45, 2.75) is 69.9 Å². The molecular formula is C29H36N4O. The predicted molar refractivity (Wildman–Crippen MR) is 136 cm³/mol. The smallest absolute Gasteiger partial charge is 0.254 e. The maximum atomic E-state index is 13.3. The maximum Gasteiger partial charge on any atom is 0.254 e.